The molecule has 0 saturated heterocycles. The number of hydrogen-bond donors (Lipinski definition) is 2. The summed E-state index contributed by atoms with van der Waals surface area (Å²) in [6.07, 6.45) is 0. The van der Waals surface area contributed by atoms with E-state index in [0.717, 1.165) is 32.7 Å². The Morgan fingerprint density at radius 2 is 1.44 bits per heavy atom. The van der Waals surface area contributed by atoms with Crippen LogP contribution in [0.25, 0.3) is 21.5 Å². The monoisotopic (exact) mass is 238 g/mol. The fraction of sp³-hybridized carbons (Fsp3) is 0.125. The maximum absolute atomic E-state index is 9.60. The van der Waals surface area contributed by atoms with E-state index >= 15 is 0 Å². The van der Waals surface area contributed by atoms with Gasteiger partial charge in [0, 0.05) is 0 Å². The Labute approximate surface area is 105 Å². The number of aliphatic hydroxyl groups excluding tert-OH is 2. The quantitative estimate of drug-likeness (QED) is 0.674. The van der Waals surface area contributed by atoms with Crippen LogP contribution in [0, 0.1) is 0 Å². The predicted octanol–water partition coefficient (Wildman–Crippen LogP) is 2.98. The third-order valence-corrected chi connectivity index (χ3v) is 3.44. The van der Waals surface area contributed by atoms with Gasteiger partial charge in [-0.15, -0.1) is 0 Å². The minimum atomic E-state index is -0.0543. The largest absolute Gasteiger partial charge is 0.392 e. The Morgan fingerprint density at radius 3 is 2.22 bits per heavy atom. The Hall–Kier alpha value is -1.90. The second-order valence-corrected chi connectivity index (χ2v) is 4.40. The van der Waals surface area contributed by atoms with E-state index in [1.807, 2.05) is 24.3 Å². The van der Waals surface area contributed by atoms with Crippen LogP contribution in [0.15, 0.2) is 48.5 Å². The molecule has 2 N–H and O–H groups in total. The number of fused-ring (bicyclic) bond motifs is 3. The lowest BCUT2D eigenvalue weighted by molar-refractivity contribution is 0.261. The zero-order valence-corrected chi connectivity index (χ0v) is 9.93. The van der Waals surface area contributed by atoms with Crippen molar-refractivity contribution in [1.29, 1.82) is 0 Å². The summed E-state index contributed by atoms with van der Waals surface area (Å²) < 4.78 is 0. The summed E-state index contributed by atoms with van der Waals surface area (Å²) in [5, 5.41) is 23.4. The second-order valence-electron chi connectivity index (χ2n) is 4.40. The Balaban J connectivity index is 2.53. The number of hydrogen-bond acceptors (Lipinski definition) is 2. The number of benzene rings is 3. The van der Waals surface area contributed by atoms with Crippen molar-refractivity contribution in [3.63, 3.8) is 0 Å². The van der Waals surface area contributed by atoms with Gasteiger partial charge in [0.15, 0.2) is 0 Å². The van der Waals surface area contributed by atoms with Crippen molar-refractivity contribution in [2.45, 2.75) is 13.2 Å². The van der Waals surface area contributed by atoms with Gasteiger partial charge in [-0.2, -0.15) is 0 Å². The molecular formula is C16H14O2. The van der Waals surface area contributed by atoms with Crippen molar-refractivity contribution in [3.8, 4) is 0 Å². The van der Waals surface area contributed by atoms with E-state index in [0.29, 0.717) is 0 Å². The van der Waals surface area contributed by atoms with Gasteiger partial charge in [-0.3, -0.25) is 0 Å². The standard InChI is InChI=1S/C16H14O2/c17-9-13-8-7-12-6-5-11-3-1-2-4-14(11)16(12)15(13)10-18/h1-8,17-18H,9-10H2. The van der Waals surface area contributed by atoms with Crippen molar-refractivity contribution < 1.29 is 10.2 Å². The molecule has 3 rings (SSSR count). The van der Waals surface area contributed by atoms with Crippen molar-refractivity contribution in [2.75, 3.05) is 0 Å². The van der Waals surface area contributed by atoms with Gasteiger partial charge in [0.1, 0.15) is 0 Å². The molecule has 0 heterocycles. The summed E-state index contributed by atoms with van der Waals surface area (Å²) in [6, 6.07) is 16.1. The molecule has 0 aliphatic carbocycles. The Kier molecular flexibility index (Phi) is 2.74. The SMILES string of the molecule is OCc1ccc2ccc3ccccc3c2c1CO. The fourth-order valence-electron chi connectivity index (χ4n) is 2.54. The van der Waals surface area contributed by atoms with E-state index in [1.165, 1.54) is 0 Å². The third kappa shape index (κ3) is 1.58. The van der Waals surface area contributed by atoms with Gasteiger partial charge in [0.25, 0.3) is 0 Å². The predicted molar refractivity (Wildman–Crippen MR) is 73.3 cm³/mol. The fourth-order valence-corrected chi connectivity index (χ4v) is 2.54. The average Bonchev–Trinajstić information content (AvgIpc) is 2.45. The first-order valence-electron chi connectivity index (χ1n) is 5.99. The topological polar surface area (TPSA) is 40.5 Å². The molecule has 2 heteroatoms. The lowest BCUT2D eigenvalue weighted by Crippen LogP contribution is -1.96. The van der Waals surface area contributed by atoms with Gasteiger partial charge in [-0.1, -0.05) is 48.5 Å². The van der Waals surface area contributed by atoms with E-state index in [2.05, 4.69) is 24.3 Å². The molecule has 0 aromatic heterocycles. The second kappa shape index (κ2) is 4.41. The van der Waals surface area contributed by atoms with E-state index in [4.69, 9.17) is 0 Å². The van der Waals surface area contributed by atoms with Gasteiger partial charge in [-0.05, 0) is 32.7 Å². The van der Waals surface area contributed by atoms with Crippen LogP contribution in [0.5, 0.6) is 0 Å². The van der Waals surface area contributed by atoms with Crippen LogP contribution in [0.1, 0.15) is 11.1 Å². The molecule has 0 aliphatic rings. The molecule has 0 spiro atoms. The molecule has 0 amide bonds. The summed E-state index contributed by atoms with van der Waals surface area (Å²) >= 11 is 0. The lowest BCUT2D eigenvalue weighted by atomic mass is 9.95. The minimum Gasteiger partial charge on any atom is -0.392 e. The highest BCUT2D eigenvalue weighted by atomic mass is 16.3. The highest BCUT2D eigenvalue weighted by Gasteiger charge is 2.09. The van der Waals surface area contributed by atoms with E-state index in [-0.39, 0.29) is 13.2 Å². The summed E-state index contributed by atoms with van der Waals surface area (Å²) in [5.74, 6) is 0. The van der Waals surface area contributed by atoms with Gasteiger partial charge in [-0.25, -0.2) is 0 Å². The van der Waals surface area contributed by atoms with Gasteiger partial charge in [0.05, 0.1) is 13.2 Å². The first-order chi connectivity index (χ1) is 8.85. The van der Waals surface area contributed by atoms with Crippen LogP contribution in [0.4, 0.5) is 0 Å². The van der Waals surface area contributed by atoms with E-state index in [9.17, 15) is 10.2 Å². The number of aliphatic hydroxyl groups is 2. The van der Waals surface area contributed by atoms with Crippen molar-refractivity contribution in [2.24, 2.45) is 0 Å². The first-order valence-corrected chi connectivity index (χ1v) is 5.99. The molecule has 0 unspecified atom stereocenters. The van der Waals surface area contributed by atoms with Crippen LogP contribution in [0.3, 0.4) is 0 Å². The molecule has 0 fully saturated rings. The highest BCUT2D eigenvalue weighted by Crippen LogP contribution is 2.30. The average molecular weight is 238 g/mol. The van der Waals surface area contributed by atoms with Crippen molar-refractivity contribution >= 4 is 21.5 Å². The summed E-state index contributed by atoms with van der Waals surface area (Å²) in [6.45, 7) is -0.101. The normalized spacial score (nSPS) is 11.2. The molecular weight excluding hydrogens is 224 g/mol. The van der Waals surface area contributed by atoms with Crippen LogP contribution < -0.4 is 0 Å². The zero-order valence-electron chi connectivity index (χ0n) is 9.93. The molecule has 0 saturated carbocycles. The maximum Gasteiger partial charge on any atom is 0.0691 e. The summed E-state index contributed by atoms with van der Waals surface area (Å²) in [4.78, 5) is 0. The maximum atomic E-state index is 9.60. The molecule has 2 nitrogen and oxygen atoms in total. The molecule has 3 aromatic carbocycles. The molecule has 0 bridgehead atoms. The summed E-state index contributed by atoms with van der Waals surface area (Å²) in [5.41, 5.74) is 1.62. The lowest BCUT2D eigenvalue weighted by Gasteiger charge is -2.12. The highest BCUT2D eigenvalue weighted by molar-refractivity contribution is 6.09. The van der Waals surface area contributed by atoms with Crippen LogP contribution >= 0.6 is 0 Å². The zero-order chi connectivity index (χ0) is 12.5. The molecule has 90 valence electrons. The minimum absolute atomic E-state index is 0.0466. The van der Waals surface area contributed by atoms with Crippen molar-refractivity contribution in [1.82, 2.24) is 0 Å². The first kappa shape index (κ1) is 11.2. The molecule has 18 heavy (non-hydrogen) atoms. The van der Waals surface area contributed by atoms with Gasteiger partial charge >= 0.3 is 0 Å². The Bertz CT molecular complexity index is 717. The Morgan fingerprint density at radius 1 is 0.722 bits per heavy atom. The van der Waals surface area contributed by atoms with Crippen LogP contribution in [-0.2, 0) is 13.2 Å². The summed E-state index contributed by atoms with van der Waals surface area (Å²) in [7, 11) is 0. The van der Waals surface area contributed by atoms with E-state index < -0.39 is 0 Å². The van der Waals surface area contributed by atoms with E-state index in [1.54, 1.807) is 0 Å². The van der Waals surface area contributed by atoms with Gasteiger partial charge in [0.2, 0.25) is 0 Å². The van der Waals surface area contributed by atoms with Crippen molar-refractivity contribution in [3.05, 3.63) is 59.7 Å². The van der Waals surface area contributed by atoms with Crippen LogP contribution in [-0.4, -0.2) is 10.2 Å². The van der Waals surface area contributed by atoms with Gasteiger partial charge < -0.3 is 10.2 Å². The molecule has 0 aliphatic heterocycles. The molecule has 0 atom stereocenters. The number of rotatable bonds is 2. The smallest absolute Gasteiger partial charge is 0.0691 e. The third-order valence-electron chi connectivity index (χ3n) is 3.44. The molecule has 0 radical (unpaired) electrons. The van der Waals surface area contributed by atoms with Crippen LogP contribution in [0.2, 0.25) is 0 Å². The molecule has 3 aromatic rings.